The average Bonchev–Trinajstić information content (AvgIpc) is 2.97. The van der Waals surface area contributed by atoms with Gasteiger partial charge >= 0.3 is 0 Å². The van der Waals surface area contributed by atoms with E-state index in [1.54, 1.807) is 29.7 Å². The SMILES string of the molecule is CN=C(NCc1ccc(Br)s1)NCc1nc(C)c(C)s1. The van der Waals surface area contributed by atoms with Crippen molar-refractivity contribution in [2.45, 2.75) is 26.9 Å². The number of hydrogen-bond donors (Lipinski definition) is 2. The van der Waals surface area contributed by atoms with Crippen molar-refractivity contribution in [2.75, 3.05) is 7.05 Å². The van der Waals surface area contributed by atoms with Gasteiger partial charge in [0, 0.05) is 16.8 Å². The number of nitrogens with zero attached hydrogens (tertiary/aromatic N) is 2. The van der Waals surface area contributed by atoms with E-state index in [9.17, 15) is 0 Å². The van der Waals surface area contributed by atoms with Gasteiger partial charge in [0.1, 0.15) is 5.01 Å². The smallest absolute Gasteiger partial charge is 0.191 e. The Bertz CT molecular complexity index is 584. The van der Waals surface area contributed by atoms with Crippen LogP contribution in [0, 0.1) is 13.8 Å². The second-order valence-corrected chi connectivity index (χ2v) is 8.07. The Kier molecular flexibility index (Phi) is 5.56. The number of aryl methyl sites for hydroxylation is 2. The number of nitrogens with one attached hydrogen (secondary N) is 2. The number of aliphatic imine (C=N–C) groups is 1. The second-order valence-electron chi connectivity index (χ2n) is 4.23. The Balaban J connectivity index is 1.83. The zero-order valence-electron chi connectivity index (χ0n) is 11.7. The summed E-state index contributed by atoms with van der Waals surface area (Å²) >= 11 is 6.91. The molecule has 2 aromatic heterocycles. The van der Waals surface area contributed by atoms with Crippen LogP contribution in [0.1, 0.15) is 20.5 Å². The molecular formula is C13H17BrN4S2. The Morgan fingerprint density at radius 2 is 2.00 bits per heavy atom. The van der Waals surface area contributed by atoms with E-state index in [0.29, 0.717) is 6.54 Å². The van der Waals surface area contributed by atoms with Crippen LogP contribution in [0.3, 0.4) is 0 Å². The summed E-state index contributed by atoms with van der Waals surface area (Å²) in [5.74, 6) is 0.792. The number of halogens is 1. The molecule has 0 atom stereocenters. The van der Waals surface area contributed by atoms with Gasteiger partial charge in [0.15, 0.2) is 5.96 Å². The highest BCUT2D eigenvalue weighted by atomic mass is 79.9. The monoisotopic (exact) mass is 372 g/mol. The van der Waals surface area contributed by atoms with Crippen LogP contribution in [0.2, 0.25) is 0 Å². The lowest BCUT2D eigenvalue weighted by Crippen LogP contribution is -2.36. The van der Waals surface area contributed by atoms with Crippen LogP contribution in [0.25, 0.3) is 0 Å². The topological polar surface area (TPSA) is 49.3 Å². The summed E-state index contributed by atoms with van der Waals surface area (Å²) < 4.78 is 1.14. The second kappa shape index (κ2) is 7.19. The molecule has 0 amide bonds. The molecule has 0 radical (unpaired) electrons. The maximum atomic E-state index is 4.51. The Morgan fingerprint density at radius 3 is 2.55 bits per heavy atom. The molecule has 0 aliphatic carbocycles. The molecule has 2 aromatic rings. The number of thiazole rings is 1. The molecule has 0 spiro atoms. The number of hydrogen-bond acceptors (Lipinski definition) is 4. The predicted octanol–water partition coefficient (Wildman–Crippen LogP) is 3.45. The maximum Gasteiger partial charge on any atom is 0.191 e. The van der Waals surface area contributed by atoms with Crippen molar-refractivity contribution < 1.29 is 0 Å². The van der Waals surface area contributed by atoms with Crippen LogP contribution in [0.5, 0.6) is 0 Å². The fourth-order valence-electron chi connectivity index (χ4n) is 1.61. The largest absolute Gasteiger partial charge is 0.352 e. The minimum absolute atomic E-state index is 0.702. The first-order chi connectivity index (χ1) is 9.58. The molecule has 0 saturated carbocycles. The summed E-state index contributed by atoms with van der Waals surface area (Å²) in [6.45, 7) is 5.61. The maximum absolute atomic E-state index is 4.51. The molecule has 20 heavy (non-hydrogen) atoms. The van der Waals surface area contributed by atoms with Crippen molar-refractivity contribution in [3.05, 3.63) is 36.4 Å². The van der Waals surface area contributed by atoms with E-state index in [2.05, 4.69) is 55.6 Å². The Hall–Kier alpha value is -0.920. The third-order valence-corrected chi connectivity index (χ3v) is 5.46. The van der Waals surface area contributed by atoms with E-state index in [1.165, 1.54) is 9.75 Å². The summed E-state index contributed by atoms with van der Waals surface area (Å²) in [5, 5.41) is 7.66. The molecule has 2 rings (SSSR count). The average molecular weight is 373 g/mol. The first kappa shape index (κ1) is 15.5. The van der Waals surface area contributed by atoms with Crippen molar-refractivity contribution >= 4 is 44.6 Å². The van der Waals surface area contributed by atoms with Gasteiger partial charge in [0.25, 0.3) is 0 Å². The lowest BCUT2D eigenvalue weighted by atomic mass is 10.4. The van der Waals surface area contributed by atoms with Crippen molar-refractivity contribution in [3.63, 3.8) is 0 Å². The third kappa shape index (κ3) is 4.29. The van der Waals surface area contributed by atoms with E-state index in [0.717, 1.165) is 27.0 Å². The molecule has 0 aliphatic rings. The summed E-state index contributed by atoms with van der Waals surface area (Å²) in [6, 6.07) is 4.15. The molecule has 0 unspecified atom stereocenters. The summed E-state index contributed by atoms with van der Waals surface area (Å²) in [6.07, 6.45) is 0. The Labute approximate surface area is 135 Å². The van der Waals surface area contributed by atoms with Crippen LogP contribution < -0.4 is 10.6 Å². The molecule has 0 aromatic carbocycles. The van der Waals surface area contributed by atoms with Gasteiger partial charge in [-0.15, -0.1) is 22.7 Å². The van der Waals surface area contributed by atoms with E-state index >= 15 is 0 Å². The van der Waals surface area contributed by atoms with Gasteiger partial charge in [-0.25, -0.2) is 4.98 Å². The first-order valence-electron chi connectivity index (χ1n) is 6.20. The summed E-state index contributed by atoms with van der Waals surface area (Å²) in [7, 11) is 1.78. The van der Waals surface area contributed by atoms with Gasteiger partial charge in [-0.3, -0.25) is 4.99 Å². The van der Waals surface area contributed by atoms with Gasteiger partial charge < -0.3 is 10.6 Å². The molecule has 0 aliphatic heterocycles. The molecule has 0 bridgehead atoms. The highest BCUT2D eigenvalue weighted by Gasteiger charge is 2.05. The van der Waals surface area contributed by atoms with Crippen LogP contribution in [0.4, 0.5) is 0 Å². The molecule has 4 nitrogen and oxygen atoms in total. The van der Waals surface area contributed by atoms with Gasteiger partial charge in [0.2, 0.25) is 0 Å². The predicted molar refractivity (Wildman–Crippen MR) is 90.6 cm³/mol. The van der Waals surface area contributed by atoms with E-state index < -0.39 is 0 Å². The van der Waals surface area contributed by atoms with Crippen molar-refractivity contribution in [1.82, 2.24) is 15.6 Å². The lowest BCUT2D eigenvalue weighted by Gasteiger charge is -2.09. The third-order valence-electron chi connectivity index (χ3n) is 2.76. The minimum atomic E-state index is 0.702. The summed E-state index contributed by atoms with van der Waals surface area (Å²) in [5.41, 5.74) is 1.11. The van der Waals surface area contributed by atoms with Gasteiger partial charge in [-0.1, -0.05) is 0 Å². The molecular weight excluding hydrogens is 356 g/mol. The molecule has 0 saturated heterocycles. The Morgan fingerprint density at radius 1 is 1.25 bits per heavy atom. The fourth-order valence-corrected chi connectivity index (χ4v) is 3.91. The van der Waals surface area contributed by atoms with Crippen molar-refractivity contribution in [1.29, 1.82) is 0 Å². The fraction of sp³-hybridized carbons (Fsp3) is 0.385. The van der Waals surface area contributed by atoms with Crippen molar-refractivity contribution in [2.24, 2.45) is 4.99 Å². The highest BCUT2D eigenvalue weighted by Crippen LogP contribution is 2.21. The zero-order chi connectivity index (χ0) is 14.5. The molecule has 108 valence electrons. The normalized spacial score (nSPS) is 11.7. The van der Waals surface area contributed by atoms with Crippen LogP contribution in [-0.2, 0) is 13.1 Å². The minimum Gasteiger partial charge on any atom is -0.352 e. The van der Waals surface area contributed by atoms with Crippen molar-refractivity contribution in [3.8, 4) is 0 Å². The van der Waals surface area contributed by atoms with Gasteiger partial charge in [0.05, 0.1) is 22.6 Å². The van der Waals surface area contributed by atoms with E-state index in [-0.39, 0.29) is 0 Å². The van der Waals surface area contributed by atoms with Gasteiger partial charge in [-0.05, 0) is 41.9 Å². The number of thiophene rings is 1. The first-order valence-corrected chi connectivity index (χ1v) is 8.62. The number of rotatable bonds is 4. The summed E-state index contributed by atoms with van der Waals surface area (Å²) in [4.78, 5) is 11.3. The van der Waals surface area contributed by atoms with Crippen LogP contribution in [-0.4, -0.2) is 18.0 Å². The highest BCUT2D eigenvalue weighted by molar-refractivity contribution is 9.11. The lowest BCUT2D eigenvalue weighted by molar-refractivity contribution is 0.809. The van der Waals surface area contributed by atoms with Gasteiger partial charge in [-0.2, -0.15) is 0 Å². The molecule has 7 heteroatoms. The standard InChI is InChI=1S/C13H17BrN4S2/c1-8-9(2)19-12(18-8)7-17-13(15-3)16-6-10-4-5-11(14)20-10/h4-5H,6-7H2,1-3H3,(H2,15,16,17). The number of guanidine groups is 1. The molecule has 0 fully saturated rings. The van der Waals surface area contributed by atoms with Crippen LogP contribution >= 0.6 is 38.6 Å². The molecule has 2 heterocycles. The molecule has 2 N–H and O–H groups in total. The van der Waals surface area contributed by atoms with E-state index in [4.69, 9.17) is 0 Å². The zero-order valence-corrected chi connectivity index (χ0v) is 14.9. The number of aromatic nitrogens is 1. The quantitative estimate of drug-likeness (QED) is 0.638. The van der Waals surface area contributed by atoms with E-state index in [1.807, 2.05) is 6.92 Å². The van der Waals surface area contributed by atoms with Crippen LogP contribution in [0.15, 0.2) is 20.9 Å².